The van der Waals surface area contributed by atoms with Gasteiger partial charge in [0.15, 0.2) is 0 Å². The molecule has 1 aliphatic rings. The Balaban J connectivity index is 2.40. The molecule has 1 unspecified atom stereocenters. The summed E-state index contributed by atoms with van der Waals surface area (Å²) in [6, 6.07) is 4.84. The molecular formula is C13H19BrN2O3S. The van der Waals surface area contributed by atoms with Crippen LogP contribution in [0.4, 0.5) is 0 Å². The fourth-order valence-corrected chi connectivity index (χ4v) is 5.04. The highest BCUT2D eigenvalue weighted by Crippen LogP contribution is 2.28. The first-order valence-corrected chi connectivity index (χ1v) is 8.69. The third-order valence-corrected chi connectivity index (χ3v) is 6.54. The first-order valence-electron chi connectivity index (χ1n) is 6.46. The van der Waals surface area contributed by atoms with E-state index >= 15 is 0 Å². The Kier molecular flexibility index (Phi) is 4.86. The topological polar surface area (TPSA) is 60.9 Å². The van der Waals surface area contributed by atoms with Crippen molar-refractivity contribution >= 4 is 26.0 Å². The predicted octanol–water partition coefficient (Wildman–Crippen LogP) is 1.27. The van der Waals surface area contributed by atoms with Crippen LogP contribution in [0.3, 0.4) is 0 Å². The van der Waals surface area contributed by atoms with Crippen molar-refractivity contribution in [2.45, 2.75) is 24.5 Å². The van der Waals surface area contributed by atoms with Crippen molar-refractivity contribution in [2.75, 3.05) is 26.7 Å². The van der Waals surface area contributed by atoms with Gasteiger partial charge in [-0.25, -0.2) is 8.42 Å². The van der Waals surface area contributed by atoms with E-state index in [9.17, 15) is 13.5 Å². The zero-order valence-corrected chi connectivity index (χ0v) is 14.0. The summed E-state index contributed by atoms with van der Waals surface area (Å²) in [5.74, 6) is 0. The van der Waals surface area contributed by atoms with Gasteiger partial charge in [-0.3, -0.25) is 0 Å². The van der Waals surface area contributed by atoms with Gasteiger partial charge in [0.2, 0.25) is 10.0 Å². The van der Waals surface area contributed by atoms with Crippen LogP contribution in [0.1, 0.15) is 12.5 Å². The first-order chi connectivity index (χ1) is 9.36. The summed E-state index contributed by atoms with van der Waals surface area (Å²) in [6.07, 6.45) is 0. The molecule has 0 spiro atoms. The van der Waals surface area contributed by atoms with Gasteiger partial charge in [-0.15, -0.1) is 0 Å². The minimum atomic E-state index is -3.55. The summed E-state index contributed by atoms with van der Waals surface area (Å²) < 4.78 is 27.6. The van der Waals surface area contributed by atoms with E-state index < -0.39 is 10.0 Å². The molecule has 112 valence electrons. The summed E-state index contributed by atoms with van der Waals surface area (Å²) in [5.41, 5.74) is 0.591. The Hall–Kier alpha value is -0.470. The Morgan fingerprint density at radius 2 is 2.10 bits per heavy atom. The highest BCUT2D eigenvalue weighted by Gasteiger charge is 2.33. The molecule has 2 rings (SSSR count). The van der Waals surface area contributed by atoms with E-state index in [1.807, 2.05) is 14.0 Å². The van der Waals surface area contributed by atoms with E-state index in [0.29, 0.717) is 16.6 Å². The van der Waals surface area contributed by atoms with Gasteiger partial charge in [0.05, 0.1) is 11.5 Å². The third-order valence-electron chi connectivity index (χ3n) is 3.53. The Labute approximate surface area is 128 Å². The van der Waals surface area contributed by atoms with Crippen LogP contribution in [-0.4, -0.2) is 55.5 Å². The SMILES string of the molecule is CC1CN(C)CCN1S(=O)(=O)c1cc(CO)ccc1Br. The maximum absolute atomic E-state index is 12.8. The second-order valence-electron chi connectivity index (χ2n) is 5.15. The molecular weight excluding hydrogens is 344 g/mol. The lowest BCUT2D eigenvalue weighted by molar-refractivity contribution is 0.170. The lowest BCUT2D eigenvalue weighted by atomic mass is 10.2. The van der Waals surface area contributed by atoms with Crippen molar-refractivity contribution in [1.82, 2.24) is 9.21 Å². The molecule has 0 amide bonds. The van der Waals surface area contributed by atoms with Gasteiger partial charge in [-0.1, -0.05) is 6.07 Å². The second-order valence-corrected chi connectivity index (χ2v) is 7.86. The average molecular weight is 363 g/mol. The maximum atomic E-state index is 12.8. The minimum Gasteiger partial charge on any atom is -0.392 e. The number of hydrogen-bond acceptors (Lipinski definition) is 4. The molecule has 1 atom stereocenters. The quantitative estimate of drug-likeness (QED) is 0.879. The normalized spacial score (nSPS) is 22.1. The van der Waals surface area contributed by atoms with Crippen LogP contribution in [-0.2, 0) is 16.6 Å². The molecule has 5 nitrogen and oxygen atoms in total. The lowest BCUT2D eigenvalue weighted by Gasteiger charge is -2.37. The van der Waals surface area contributed by atoms with E-state index in [2.05, 4.69) is 20.8 Å². The zero-order valence-electron chi connectivity index (χ0n) is 11.6. The number of benzene rings is 1. The predicted molar refractivity (Wildman–Crippen MR) is 80.9 cm³/mol. The highest BCUT2D eigenvalue weighted by molar-refractivity contribution is 9.10. The van der Waals surface area contributed by atoms with Gasteiger partial charge in [0.1, 0.15) is 0 Å². The molecule has 1 fully saturated rings. The van der Waals surface area contributed by atoms with E-state index in [-0.39, 0.29) is 17.5 Å². The number of sulfonamides is 1. The molecule has 1 heterocycles. The number of rotatable bonds is 3. The number of hydrogen-bond donors (Lipinski definition) is 1. The third kappa shape index (κ3) is 3.07. The summed E-state index contributed by atoms with van der Waals surface area (Å²) in [4.78, 5) is 2.34. The average Bonchev–Trinajstić information content (AvgIpc) is 2.38. The molecule has 0 bridgehead atoms. The molecule has 0 aromatic heterocycles. The Morgan fingerprint density at radius 1 is 1.40 bits per heavy atom. The minimum absolute atomic E-state index is 0.0663. The number of halogens is 1. The van der Waals surface area contributed by atoms with Gasteiger partial charge in [0.25, 0.3) is 0 Å². The summed E-state index contributed by atoms with van der Waals surface area (Å²) in [6.45, 7) is 3.66. The number of piperazine rings is 1. The van der Waals surface area contributed by atoms with Crippen molar-refractivity contribution in [1.29, 1.82) is 0 Å². The van der Waals surface area contributed by atoms with Crippen LogP contribution in [0.25, 0.3) is 0 Å². The molecule has 1 aromatic carbocycles. The molecule has 1 aliphatic heterocycles. The molecule has 20 heavy (non-hydrogen) atoms. The molecule has 1 aromatic rings. The largest absolute Gasteiger partial charge is 0.392 e. The number of aliphatic hydroxyl groups is 1. The van der Waals surface area contributed by atoms with Crippen molar-refractivity contribution < 1.29 is 13.5 Å². The van der Waals surface area contributed by atoms with E-state index in [1.54, 1.807) is 12.1 Å². The Bertz CT molecular complexity index is 591. The van der Waals surface area contributed by atoms with Gasteiger partial charge in [-0.05, 0) is 47.6 Å². The van der Waals surface area contributed by atoms with Crippen molar-refractivity contribution in [3.05, 3.63) is 28.2 Å². The fourth-order valence-electron chi connectivity index (χ4n) is 2.45. The standard InChI is InChI=1S/C13H19BrN2O3S/c1-10-8-15(2)5-6-16(10)20(18,19)13-7-11(9-17)3-4-12(13)14/h3-4,7,10,17H,5-6,8-9H2,1-2H3. The zero-order chi connectivity index (χ0) is 14.9. The number of aliphatic hydroxyl groups excluding tert-OH is 1. The molecule has 0 saturated carbocycles. The second kappa shape index (κ2) is 6.11. The monoisotopic (exact) mass is 362 g/mol. The summed E-state index contributed by atoms with van der Waals surface area (Å²) in [7, 11) is -1.56. The summed E-state index contributed by atoms with van der Waals surface area (Å²) in [5, 5.41) is 9.19. The van der Waals surface area contributed by atoms with Crippen LogP contribution in [0.5, 0.6) is 0 Å². The van der Waals surface area contributed by atoms with Crippen molar-refractivity contribution in [3.8, 4) is 0 Å². The van der Waals surface area contributed by atoms with Crippen LogP contribution < -0.4 is 0 Å². The summed E-state index contributed by atoms with van der Waals surface area (Å²) >= 11 is 3.30. The fraction of sp³-hybridized carbons (Fsp3) is 0.538. The molecule has 1 saturated heterocycles. The van der Waals surface area contributed by atoms with Crippen LogP contribution in [0.15, 0.2) is 27.6 Å². The first kappa shape index (κ1) is 15.9. The van der Waals surface area contributed by atoms with E-state index in [0.717, 1.165) is 13.1 Å². The number of nitrogens with zero attached hydrogens (tertiary/aromatic N) is 2. The maximum Gasteiger partial charge on any atom is 0.244 e. The smallest absolute Gasteiger partial charge is 0.244 e. The van der Waals surface area contributed by atoms with Gasteiger partial charge >= 0.3 is 0 Å². The van der Waals surface area contributed by atoms with Crippen molar-refractivity contribution in [3.63, 3.8) is 0 Å². The van der Waals surface area contributed by atoms with Crippen molar-refractivity contribution in [2.24, 2.45) is 0 Å². The van der Waals surface area contributed by atoms with Gasteiger partial charge < -0.3 is 10.0 Å². The lowest BCUT2D eigenvalue weighted by Crippen LogP contribution is -2.52. The highest BCUT2D eigenvalue weighted by atomic mass is 79.9. The van der Waals surface area contributed by atoms with Crippen LogP contribution in [0.2, 0.25) is 0 Å². The van der Waals surface area contributed by atoms with Crippen LogP contribution in [0, 0.1) is 0 Å². The molecule has 7 heteroatoms. The van der Waals surface area contributed by atoms with Gasteiger partial charge in [-0.2, -0.15) is 4.31 Å². The molecule has 0 aliphatic carbocycles. The van der Waals surface area contributed by atoms with Crippen LogP contribution >= 0.6 is 15.9 Å². The van der Waals surface area contributed by atoms with E-state index in [4.69, 9.17) is 0 Å². The Morgan fingerprint density at radius 3 is 2.70 bits per heavy atom. The molecule has 1 N–H and O–H groups in total. The van der Waals surface area contributed by atoms with E-state index in [1.165, 1.54) is 10.4 Å². The van der Waals surface area contributed by atoms with Gasteiger partial charge in [0, 0.05) is 30.1 Å². The molecule has 0 radical (unpaired) electrons. The number of likely N-dealkylation sites (N-methyl/N-ethyl adjacent to an activating group) is 1.